The maximum atomic E-state index is 12.8. The van der Waals surface area contributed by atoms with E-state index in [9.17, 15) is 17.6 Å². The topological polar surface area (TPSA) is 63.2 Å². The summed E-state index contributed by atoms with van der Waals surface area (Å²) < 4.78 is 39.2. The summed E-state index contributed by atoms with van der Waals surface area (Å²) in [6, 6.07) is 8.95. The molecule has 0 atom stereocenters. The average Bonchev–Trinajstić information content (AvgIpc) is 2.90. The van der Waals surface area contributed by atoms with E-state index in [1.807, 2.05) is 6.07 Å². The molecule has 0 aliphatic carbocycles. The number of carbonyl (C=O) groups excluding carboxylic acids is 1. The predicted octanol–water partition coefficient (Wildman–Crippen LogP) is 2.75. The van der Waals surface area contributed by atoms with Gasteiger partial charge in [-0.3, -0.25) is 4.79 Å². The van der Waals surface area contributed by atoms with Gasteiger partial charge < -0.3 is 0 Å². The molecule has 2 aromatic rings. The zero-order valence-electron chi connectivity index (χ0n) is 12.0. The van der Waals surface area contributed by atoms with Crippen LogP contribution < -0.4 is 4.72 Å². The maximum Gasteiger partial charge on any atom is 0.215 e. The summed E-state index contributed by atoms with van der Waals surface area (Å²) in [5.41, 5.74) is 0.531. The number of carbonyl (C=O) groups is 1. The van der Waals surface area contributed by atoms with E-state index >= 15 is 0 Å². The highest BCUT2D eigenvalue weighted by atomic mass is 32.2. The highest BCUT2D eigenvalue weighted by Crippen LogP contribution is 2.17. The van der Waals surface area contributed by atoms with Crippen LogP contribution in [0, 0.1) is 5.82 Å². The summed E-state index contributed by atoms with van der Waals surface area (Å²) in [5, 5.41) is 0. The third-order valence-corrected chi connectivity index (χ3v) is 5.58. The summed E-state index contributed by atoms with van der Waals surface area (Å²) in [4.78, 5) is 12.8. The van der Waals surface area contributed by atoms with Gasteiger partial charge in [0.2, 0.25) is 10.0 Å². The van der Waals surface area contributed by atoms with Crippen LogP contribution in [0.1, 0.15) is 27.0 Å². The lowest BCUT2D eigenvalue weighted by Crippen LogP contribution is -2.27. The van der Waals surface area contributed by atoms with E-state index in [1.165, 1.54) is 42.5 Å². The quantitative estimate of drug-likeness (QED) is 0.788. The third-order valence-electron chi connectivity index (χ3n) is 2.97. The Labute approximate surface area is 133 Å². The van der Waals surface area contributed by atoms with Crippen LogP contribution in [0.15, 0.2) is 36.4 Å². The van der Waals surface area contributed by atoms with Gasteiger partial charge in [-0.1, -0.05) is 12.1 Å². The summed E-state index contributed by atoms with van der Waals surface area (Å²) >= 11 is 1.37. The van der Waals surface area contributed by atoms with Gasteiger partial charge in [-0.15, -0.1) is 11.3 Å². The fourth-order valence-electron chi connectivity index (χ4n) is 1.88. The Kier molecular flexibility index (Phi) is 5.44. The molecule has 0 unspecified atom stereocenters. The maximum absolute atomic E-state index is 12.8. The molecule has 1 aromatic carbocycles. The van der Waals surface area contributed by atoms with Gasteiger partial charge in [0.15, 0.2) is 5.78 Å². The van der Waals surface area contributed by atoms with E-state index < -0.39 is 15.8 Å². The van der Waals surface area contributed by atoms with Crippen molar-refractivity contribution in [3.63, 3.8) is 0 Å². The minimum atomic E-state index is -3.46. The molecule has 0 fully saturated rings. The van der Waals surface area contributed by atoms with Crippen molar-refractivity contribution in [1.29, 1.82) is 0 Å². The molecule has 0 saturated carbocycles. The Balaban J connectivity index is 1.86. The molecule has 22 heavy (non-hydrogen) atoms. The van der Waals surface area contributed by atoms with Crippen LogP contribution in [0.4, 0.5) is 4.39 Å². The second-order valence-electron chi connectivity index (χ2n) is 4.85. The molecule has 1 aromatic heterocycles. The number of hydrogen-bond acceptors (Lipinski definition) is 4. The molecule has 0 spiro atoms. The third kappa shape index (κ3) is 5.01. The SMILES string of the molecule is CC(=O)c1ccc(CCNS(=O)(=O)Cc2ccc(F)cc2)s1. The molecule has 0 saturated heterocycles. The Bertz CT molecular complexity index is 751. The number of sulfonamides is 1. The van der Waals surface area contributed by atoms with E-state index in [0.717, 1.165) is 4.88 Å². The van der Waals surface area contributed by atoms with Crippen molar-refractivity contribution in [2.45, 2.75) is 19.1 Å². The number of benzene rings is 1. The summed E-state index contributed by atoms with van der Waals surface area (Å²) in [6.07, 6.45) is 0.528. The molecular weight excluding hydrogens is 325 g/mol. The normalized spacial score (nSPS) is 11.5. The summed E-state index contributed by atoms with van der Waals surface area (Å²) in [6.45, 7) is 1.77. The lowest BCUT2D eigenvalue weighted by Gasteiger charge is -2.06. The Morgan fingerprint density at radius 2 is 1.86 bits per heavy atom. The number of thiophene rings is 1. The monoisotopic (exact) mass is 341 g/mol. The van der Waals surface area contributed by atoms with Crippen molar-refractivity contribution < 1.29 is 17.6 Å². The molecule has 2 rings (SSSR count). The molecule has 1 N–H and O–H groups in total. The molecule has 1 heterocycles. The molecule has 0 radical (unpaired) electrons. The van der Waals surface area contributed by atoms with E-state index in [4.69, 9.17) is 0 Å². The highest BCUT2D eigenvalue weighted by molar-refractivity contribution is 7.88. The Morgan fingerprint density at radius 3 is 2.45 bits per heavy atom. The highest BCUT2D eigenvalue weighted by Gasteiger charge is 2.12. The Morgan fingerprint density at radius 1 is 1.18 bits per heavy atom. The molecule has 0 bridgehead atoms. The molecule has 118 valence electrons. The van der Waals surface area contributed by atoms with Gasteiger partial charge in [0.1, 0.15) is 5.82 Å². The molecule has 4 nitrogen and oxygen atoms in total. The minimum Gasteiger partial charge on any atom is -0.294 e. The molecule has 7 heteroatoms. The number of hydrogen-bond donors (Lipinski definition) is 1. The van der Waals surface area contributed by atoms with Crippen LogP contribution in [0.3, 0.4) is 0 Å². The van der Waals surface area contributed by atoms with Crippen LogP contribution >= 0.6 is 11.3 Å². The van der Waals surface area contributed by atoms with Crippen LogP contribution in [0.25, 0.3) is 0 Å². The second kappa shape index (κ2) is 7.13. The van der Waals surface area contributed by atoms with E-state index in [2.05, 4.69) is 4.72 Å². The van der Waals surface area contributed by atoms with Gasteiger partial charge in [-0.25, -0.2) is 17.5 Å². The van der Waals surface area contributed by atoms with Crippen molar-refractivity contribution in [2.75, 3.05) is 6.54 Å². The zero-order chi connectivity index (χ0) is 16.2. The van der Waals surface area contributed by atoms with Crippen molar-refractivity contribution in [3.8, 4) is 0 Å². The fourth-order valence-corrected chi connectivity index (χ4v) is 3.93. The number of ketones is 1. The van der Waals surface area contributed by atoms with E-state index in [0.29, 0.717) is 16.9 Å². The van der Waals surface area contributed by atoms with Crippen molar-refractivity contribution in [3.05, 3.63) is 57.5 Å². The fraction of sp³-hybridized carbons (Fsp3) is 0.267. The first-order valence-corrected chi connectivity index (χ1v) is 9.14. The zero-order valence-corrected chi connectivity index (χ0v) is 13.6. The number of rotatable bonds is 7. The largest absolute Gasteiger partial charge is 0.294 e. The van der Waals surface area contributed by atoms with Gasteiger partial charge in [0.05, 0.1) is 10.6 Å². The van der Waals surface area contributed by atoms with Crippen molar-refractivity contribution in [1.82, 2.24) is 4.72 Å². The van der Waals surface area contributed by atoms with E-state index in [1.54, 1.807) is 6.07 Å². The van der Waals surface area contributed by atoms with Crippen molar-refractivity contribution in [2.24, 2.45) is 0 Å². The van der Waals surface area contributed by atoms with Gasteiger partial charge in [-0.05, 0) is 43.2 Å². The lowest BCUT2D eigenvalue weighted by atomic mass is 10.2. The second-order valence-corrected chi connectivity index (χ2v) is 7.83. The number of halogens is 1. The first-order valence-electron chi connectivity index (χ1n) is 6.67. The molecule has 0 amide bonds. The number of nitrogens with one attached hydrogen (secondary N) is 1. The van der Waals surface area contributed by atoms with Gasteiger partial charge in [-0.2, -0.15) is 0 Å². The standard InChI is InChI=1S/C15H16FNO3S2/c1-11(18)15-7-6-14(21-15)8-9-17-22(19,20)10-12-2-4-13(16)5-3-12/h2-7,17H,8-10H2,1H3. The average molecular weight is 341 g/mol. The first kappa shape index (κ1) is 16.8. The van der Waals surface area contributed by atoms with Crippen LogP contribution in [0.5, 0.6) is 0 Å². The van der Waals surface area contributed by atoms with E-state index in [-0.39, 0.29) is 18.1 Å². The smallest absolute Gasteiger partial charge is 0.215 e. The first-order chi connectivity index (χ1) is 10.4. The molecule has 0 aliphatic rings. The molecular formula is C15H16FNO3S2. The predicted molar refractivity (Wildman–Crippen MR) is 85.1 cm³/mol. The van der Waals surface area contributed by atoms with Crippen molar-refractivity contribution >= 4 is 27.1 Å². The summed E-state index contributed by atoms with van der Waals surface area (Å²) in [7, 11) is -3.46. The Hall–Kier alpha value is -1.57. The lowest BCUT2D eigenvalue weighted by molar-refractivity contribution is 0.102. The minimum absolute atomic E-state index is 0.00754. The van der Waals surface area contributed by atoms with Gasteiger partial charge in [0.25, 0.3) is 0 Å². The summed E-state index contributed by atoms with van der Waals surface area (Å²) in [5.74, 6) is -0.572. The van der Waals surface area contributed by atoms with Crippen LogP contribution in [0.2, 0.25) is 0 Å². The van der Waals surface area contributed by atoms with Gasteiger partial charge >= 0.3 is 0 Å². The number of Topliss-reactive ketones (excluding diaryl/α,β-unsaturated/α-hetero) is 1. The molecule has 0 aliphatic heterocycles. The van der Waals surface area contributed by atoms with Crippen LogP contribution in [-0.2, 0) is 22.2 Å². The van der Waals surface area contributed by atoms with Gasteiger partial charge in [0, 0.05) is 11.4 Å². The van der Waals surface area contributed by atoms with Crippen LogP contribution in [-0.4, -0.2) is 20.7 Å².